The summed E-state index contributed by atoms with van der Waals surface area (Å²) in [6.45, 7) is 4.65. The Bertz CT molecular complexity index is 570. The van der Waals surface area contributed by atoms with Crippen LogP contribution >= 0.6 is 15.9 Å². The van der Waals surface area contributed by atoms with E-state index in [0.717, 1.165) is 21.5 Å². The Hall–Kier alpha value is -1.39. The molecule has 2 N–H and O–H groups in total. The number of aromatic nitrogens is 1. The van der Waals surface area contributed by atoms with Gasteiger partial charge in [-0.2, -0.15) is 0 Å². The summed E-state index contributed by atoms with van der Waals surface area (Å²) in [6, 6.07) is 9.76. The Labute approximate surface area is 121 Å². The zero-order valence-electron chi connectivity index (χ0n) is 11.1. The van der Waals surface area contributed by atoms with Crippen LogP contribution in [0.3, 0.4) is 0 Å². The van der Waals surface area contributed by atoms with Crippen molar-refractivity contribution in [1.29, 1.82) is 0 Å². The lowest BCUT2D eigenvalue weighted by atomic mass is 10.0. The van der Waals surface area contributed by atoms with E-state index in [0.29, 0.717) is 18.2 Å². The normalized spacial score (nSPS) is 10.8. The van der Waals surface area contributed by atoms with Crippen LogP contribution in [0.1, 0.15) is 31.0 Å². The highest BCUT2D eigenvalue weighted by atomic mass is 79.9. The molecule has 0 aliphatic carbocycles. The predicted molar refractivity (Wildman–Crippen MR) is 80.4 cm³/mol. The fourth-order valence-electron chi connectivity index (χ4n) is 1.85. The van der Waals surface area contributed by atoms with Gasteiger partial charge in [0, 0.05) is 17.2 Å². The van der Waals surface area contributed by atoms with Crippen molar-refractivity contribution >= 4 is 15.9 Å². The molecule has 3 nitrogen and oxygen atoms in total. The second-order valence-electron chi connectivity index (χ2n) is 4.59. The zero-order chi connectivity index (χ0) is 13.8. The van der Waals surface area contributed by atoms with Gasteiger partial charge in [0.2, 0.25) is 0 Å². The van der Waals surface area contributed by atoms with Crippen LogP contribution in [0.25, 0.3) is 0 Å². The molecule has 0 atom stereocenters. The van der Waals surface area contributed by atoms with Crippen LogP contribution in [0.5, 0.6) is 11.5 Å². The van der Waals surface area contributed by atoms with E-state index in [2.05, 4.69) is 40.8 Å². The standard InChI is InChI=1S/C15H17BrN2O/c1-10(2)12-8-11(16)5-6-14(12)19-15-4-3-7-18-13(15)9-17/h3-8,10H,9,17H2,1-2H3. The van der Waals surface area contributed by atoms with Crippen molar-refractivity contribution in [2.45, 2.75) is 26.3 Å². The molecule has 2 aromatic rings. The number of rotatable bonds is 4. The Morgan fingerprint density at radius 2 is 2.05 bits per heavy atom. The molecule has 1 aromatic carbocycles. The largest absolute Gasteiger partial charge is 0.455 e. The Morgan fingerprint density at radius 1 is 1.26 bits per heavy atom. The van der Waals surface area contributed by atoms with Crippen LogP contribution in [-0.2, 0) is 6.54 Å². The van der Waals surface area contributed by atoms with Crippen LogP contribution in [0.2, 0.25) is 0 Å². The summed E-state index contributed by atoms with van der Waals surface area (Å²) in [5.41, 5.74) is 7.59. The number of ether oxygens (including phenoxy) is 1. The summed E-state index contributed by atoms with van der Waals surface area (Å²) in [5.74, 6) is 1.95. The van der Waals surface area contributed by atoms with E-state index in [1.165, 1.54) is 0 Å². The first-order chi connectivity index (χ1) is 9.11. The average molecular weight is 321 g/mol. The highest BCUT2D eigenvalue weighted by Gasteiger charge is 2.11. The van der Waals surface area contributed by atoms with Gasteiger partial charge < -0.3 is 10.5 Å². The predicted octanol–water partition coefficient (Wildman–Crippen LogP) is 4.22. The summed E-state index contributed by atoms with van der Waals surface area (Å²) in [7, 11) is 0. The molecular weight excluding hydrogens is 304 g/mol. The van der Waals surface area contributed by atoms with Gasteiger partial charge in [-0.3, -0.25) is 4.98 Å². The number of hydrogen-bond acceptors (Lipinski definition) is 3. The first-order valence-electron chi connectivity index (χ1n) is 6.23. The molecule has 0 radical (unpaired) electrons. The van der Waals surface area contributed by atoms with Gasteiger partial charge >= 0.3 is 0 Å². The molecule has 19 heavy (non-hydrogen) atoms. The van der Waals surface area contributed by atoms with Gasteiger partial charge in [-0.1, -0.05) is 29.8 Å². The fraction of sp³-hybridized carbons (Fsp3) is 0.267. The molecule has 0 saturated carbocycles. The Morgan fingerprint density at radius 3 is 2.74 bits per heavy atom. The number of benzene rings is 1. The molecule has 0 amide bonds. The molecule has 0 saturated heterocycles. The van der Waals surface area contributed by atoms with Gasteiger partial charge in [-0.15, -0.1) is 0 Å². The van der Waals surface area contributed by atoms with Crippen LogP contribution in [0, 0.1) is 0 Å². The zero-order valence-corrected chi connectivity index (χ0v) is 12.6. The third-order valence-corrected chi connectivity index (χ3v) is 3.35. The summed E-state index contributed by atoms with van der Waals surface area (Å²) in [4.78, 5) is 4.23. The van der Waals surface area contributed by atoms with Crippen molar-refractivity contribution in [2.75, 3.05) is 0 Å². The Balaban J connectivity index is 2.38. The van der Waals surface area contributed by atoms with Crippen molar-refractivity contribution < 1.29 is 4.74 Å². The van der Waals surface area contributed by atoms with Gasteiger partial charge in [0.1, 0.15) is 11.5 Å². The van der Waals surface area contributed by atoms with Gasteiger partial charge in [0.05, 0.1) is 5.69 Å². The molecule has 1 heterocycles. The molecule has 0 aliphatic heterocycles. The van der Waals surface area contributed by atoms with Gasteiger partial charge in [0.15, 0.2) is 0 Å². The smallest absolute Gasteiger partial charge is 0.150 e. The number of pyridine rings is 1. The number of nitrogens with zero attached hydrogens (tertiary/aromatic N) is 1. The van der Waals surface area contributed by atoms with E-state index in [1.807, 2.05) is 24.3 Å². The van der Waals surface area contributed by atoms with Crippen molar-refractivity contribution in [2.24, 2.45) is 5.73 Å². The highest BCUT2D eigenvalue weighted by molar-refractivity contribution is 9.10. The van der Waals surface area contributed by atoms with E-state index in [1.54, 1.807) is 6.20 Å². The minimum absolute atomic E-state index is 0.365. The lowest BCUT2D eigenvalue weighted by Crippen LogP contribution is -2.03. The average Bonchev–Trinajstić information content (AvgIpc) is 2.41. The van der Waals surface area contributed by atoms with Crippen LogP contribution in [0.15, 0.2) is 41.0 Å². The molecule has 100 valence electrons. The summed E-state index contributed by atoms with van der Waals surface area (Å²) < 4.78 is 7.03. The minimum atomic E-state index is 0.365. The minimum Gasteiger partial charge on any atom is -0.455 e. The first kappa shape index (κ1) is 14.0. The molecule has 0 bridgehead atoms. The quantitative estimate of drug-likeness (QED) is 0.917. The second-order valence-corrected chi connectivity index (χ2v) is 5.51. The van der Waals surface area contributed by atoms with E-state index < -0.39 is 0 Å². The van der Waals surface area contributed by atoms with Gasteiger partial charge in [-0.25, -0.2) is 0 Å². The molecule has 0 fully saturated rings. The third-order valence-electron chi connectivity index (χ3n) is 2.86. The maximum absolute atomic E-state index is 5.98. The van der Waals surface area contributed by atoms with Crippen LogP contribution in [-0.4, -0.2) is 4.98 Å². The van der Waals surface area contributed by atoms with Crippen LogP contribution in [0.4, 0.5) is 0 Å². The molecular formula is C15H17BrN2O. The fourth-order valence-corrected chi connectivity index (χ4v) is 2.23. The van der Waals surface area contributed by atoms with Crippen LogP contribution < -0.4 is 10.5 Å². The van der Waals surface area contributed by atoms with Gasteiger partial charge in [-0.05, 0) is 41.8 Å². The highest BCUT2D eigenvalue weighted by Crippen LogP contribution is 2.33. The lowest BCUT2D eigenvalue weighted by molar-refractivity contribution is 0.463. The van der Waals surface area contributed by atoms with Crippen molar-refractivity contribution in [3.8, 4) is 11.5 Å². The number of halogens is 1. The summed E-state index contributed by atoms with van der Waals surface area (Å²) in [6.07, 6.45) is 1.72. The molecule has 2 rings (SSSR count). The van der Waals surface area contributed by atoms with E-state index in [4.69, 9.17) is 10.5 Å². The summed E-state index contributed by atoms with van der Waals surface area (Å²) in [5, 5.41) is 0. The van der Waals surface area contributed by atoms with Crippen molar-refractivity contribution in [3.05, 3.63) is 52.3 Å². The molecule has 0 aliphatic rings. The van der Waals surface area contributed by atoms with Crippen molar-refractivity contribution in [1.82, 2.24) is 4.98 Å². The molecule has 0 unspecified atom stereocenters. The number of hydrogen-bond donors (Lipinski definition) is 1. The molecule has 4 heteroatoms. The topological polar surface area (TPSA) is 48.1 Å². The SMILES string of the molecule is CC(C)c1cc(Br)ccc1Oc1cccnc1CN. The molecule has 0 spiro atoms. The first-order valence-corrected chi connectivity index (χ1v) is 7.02. The van der Waals surface area contributed by atoms with Gasteiger partial charge in [0.25, 0.3) is 0 Å². The van der Waals surface area contributed by atoms with E-state index in [9.17, 15) is 0 Å². The van der Waals surface area contributed by atoms with Crippen molar-refractivity contribution in [3.63, 3.8) is 0 Å². The maximum Gasteiger partial charge on any atom is 0.150 e. The lowest BCUT2D eigenvalue weighted by Gasteiger charge is -2.15. The van der Waals surface area contributed by atoms with E-state index >= 15 is 0 Å². The number of nitrogens with two attached hydrogens (primary N) is 1. The third kappa shape index (κ3) is 3.33. The molecule has 1 aromatic heterocycles. The van der Waals surface area contributed by atoms with E-state index in [-0.39, 0.29) is 0 Å². The monoisotopic (exact) mass is 320 g/mol. The second kappa shape index (κ2) is 6.17. The summed E-state index contributed by atoms with van der Waals surface area (Å²) >= 11 is 3.49. The Kier molecular flexibility index (Phi) is 4.56. The maximum atomic E-state index is 5.98.